The van der Waals surface area contributed by atoms with E-state index in [1.807, 2.05) is 24.3 Å². The van der Waals surface area contributed by atoms with Gasteiger partial charge >= 0.3 is 5.97 Å². The van der Waals surface area contributed by atoms with E-state index in [1.165, 1.54) is 22.9 Å². The van der Waals surface area contributed by atoms with Gasteiger partial charge in [-0.1, -0.05) is 29.8 Å². The lowest BCUT2D eigenvalue weighted by Gasteiger charge is -2.33. The number of methoxy groups -OCH3 is 1. The third-order valence-corrected chi connectivity index (χ3v) is 9.06. The number of rotatable bonds is 4. The maximum Gasteiger partial charge on any atom is 0.338 e. The summed E-state index contributed by atoms with van der Waals surface area (Å²) in [4.78, 5) is 26.4. The number of nitrogens with zero attached hydrogens (tertiary/aromatic N) is 3. The molecule has 0 N–H and O–H groups in total. The fourth-order valence-corrected chi connectivity index (χ4v) is 6.76. The smallest absolute Gasteiger partial charge is 0.338 e. The SMILES string of the molecule is COC(=O)c1csc(S(=O)(=O)N2CCN(C(=O)c3c(Cl)c4ccccc4n3C)CC2)c1. The third kappa shape index (κ3) is 3.73. The maximum absolute atomic E-state index is 13.2. The van der Waals surface area contributed by atoms with Crippen molar-refractivity contribution in [2.75, 3.05) is 33.3 Å². The summed E-state index contributed by atoms with van der Waals surface area (Å²) >= 11 is 7.46. The average molecular weight is 482 g/mol. The van der Waals surface area contributed by atoms with Crippen LogP contribution in [0.3, 0.4) is 0 Å². The second-order valence-electron chi connectivity index (χ2n) is 7.08. The van der Waals surface area contributed by atoms with Crippen molar-refractivity contribution in [3.8, 4) is 0 Å². The molecule has 1 aromatic carbocycles. The number of amides is 1. The van der Waals surface area contributed by atoms with Crippen LogP contribution in [0.2, 0.25) is 5.02 Å². The summed E-state index contributed by atoms with van der Waals surface area (Å²) in [6.45, 7) is 0.790. The number of carbonyl (C=O) groups excluding carboxylic acids is 2. The van der Waals surface area contributed by atoms with Gasteiger partial charge in [0, 0.05) is 49.5 Å². The Kier molecular flexibility index (Phi) is 5.82. The number of benzene rings is 1. The summed E-state index contributed by atoms with van der Waals surface area (Å²) in [7, 11) is -0.727. The Morgan fingerprint density at radius 2 is 1.81 bits per heavy atom. The first-order chi connectivity index (χ1) is 14.8. The van der Waals surface area contributed by atoms with Gasteiger partial charge in [-0.2, -0.15) is 4.31 Å². The molecule has 1 amide bonds. The highest BCUT2D eigenvalue weighted by atomic mass is 35.5. The zero-order valence-corrected chi connectivity index (χ0v) is 19.3. The molecule has 1 aliphatic heterocycles. The molecule has 0 radical (unpaired) electrons. The Morgan fingerprint density at radius 3 is 2.45 bits per heavy atom. The van der Waals surface area contributed by atoms with Crippen molar-refractivity contribution in [3.63, 3.8) is 0 Å². The number of esters is 1. The van der Waals surface area contributed by atoms with Crippen molar-refractivity contribution in [2.45, 2.75) is 4.21 Å². The van der Waals surface area contributed by atoms with Crippen LogP contribution >= 0.6 is 22.9 Å². The van der Waals surface area contributed by atoms with Crippen molar-refractivity contribution < 1.29 is 22.7 Å². The highest BCUT2D eigenvalue weighted by Gasteiger charge is 2.33. The lowest BCUT2D eigenvalue weighted by molar-refractivity contribution is 0.0600. The van der Waals surface area contributed by atoms with E-state index < -0.39 is 16.0 Å². The van der Waals surface area contributed by atoms with Crippen molar-refractivity contribution in [3.05, 3.63) is 52.0 Å². The molecule has 0 atom stereocenters. The molecule has 3 heterocycles. The Labute approximate surface area is 188 Å². The fraction of sp³-hybridized carbons (Fsp3) is 0.300. The molecule has 0 bridgehead atoms. The number of aromatic nitrogens is 1. The number of piperazine rings is 1. The fourth-order valence-electron chi connectivity index (χ4n) is 3.67. The number of hydrogen-bond donors (Lipinski definition) is 0. The Balaban J connectivity index is 1.50. The number of para-hydroxylation sites is 1. The molecule has 3 aromatic rings. The van der Waals surface area contributed by atoms with Gasteiger partial charge < -0.3 is 14.2 Å². The maximum atomic E-state index is 13.2. The molecule has 8 nitrogen and oxygen atoms in total. The van der Waals surface area contributed by atoms with E-state index in [0.717, 1.165) is 22.2 Å². The van der Waals surface area contributed by atoms with Crippen LogP contribution in [-0.4, -0.2) is 67.4 Å². The van der Waals surface area contributed by atoms with Crippen molar-refractivity contribution >= 4 is 55.7 Å². The summed E-state index contributed by atoms with van der Waals surface area (Å²) in [6, 6.07) is 8.82. The largest absolute Gasteiger partial charge is 0.465 e. The Hall–Kier alpha value is -2.40. The van der Waals surface area contributed by atoms with Crippen LogP contribution in [0, 0.1) is 0 Å². The lowest BCUT2D eigenvalue weighted by atomic mass is 10.2. The highest BCUT2D eigenvalue weighted by molar-refractivity contribution is 7.91. The summed E-state index contributed by atoms with van der Waals surface area (Å²) in [5.41, 5.74) is 1.45. The van der Waals surface area contributed by atoms with Crippen molar-refractivity contribution in [1.29, 1.82) is 0 Å². The first-order valence-corrected chi connectivity index (χ1v) is 12.1. The number of sulfonamides is 1. The first kappa shape index (κ1) is 21.8. The van der Waals surface area contributed by atoms with E-state index in [1.54, 1.807) is 16.5 Å². The van der Waals surface area contributed by atoms with Gasteiger partial charge in [0.15, 0.2) is 0 Å². The molecule has 1 aliphatic rings. The van der Waals surface area contributed by atoms with E-state index in [2.05, 4.69) is 4.74 Å². The molecule has 0 saturated carbocycles. The van der Waals surface area contributed by atoms with Crippen LogP contribution in [-0.2, 0) is 21.8 Å². The van der Waals surface area contributed by atoms with E-state index in [-0.39, 0.29) is 41.9 Å². The number of halogens is 1. The van der Waals surface area contributed by atoms with Crippen LogP contribution in [0.25, 0.3) is 10.9 Å². The van der Waals surface area contributed by atoms with Gasteiger partial charge in [0.05, 0.1) is 17.7 Å². The molecule has 1 fully saturated rings. The molecule has 31 heavy (non-hydrogen) atoms. The molecule has 2 aromatic heterocycles. The minimum absolute atomic E-state index is 0.0735. The summed E-state index contributed by atoms with van der Waals surface area (Å²) in [5, 5.41) is 2.66. The Morgan fingerprint density at radius 1 is 1.13 bits per heavy atom. The molecule has 11 heteroatoms. The van der Waals surface area contributed by atoms with Gasteiger partial charge in [0.2, 0.25) is 0 Å². The summed E-state index contributed by atoms with van der Waals surface area (Å²) < 4.78 is 33.7. The normalized spacial score (nSPS) is 15.4. The van der Waals surface area contributed by atoms with Gasteiger partial charge in [-0.05, 0) is 12.1 Å². The monoisotopic (exact) mass is 481 g/mol. The Bertz CT molecular complexity index is 1230. The van der Waals surface area contributed by atoms with Gasteiger partial charge in [0.25, 0.3) is 15.9 Å². The van der Waals surface area contributed by atoms with E-state index in [4.69, 9.17) is 11.6 Å². The predicted molar refractivity (Wildman–Crippen MR) is 118 cm³/mol. The van der Waals surface area contributed by atoms with E-state index >= 15 is 0 Å². The number of aryl methyl sites for hydroxylation is 1. The van der Waals surface area contributed by atoms with Crippen LogP contribution in [0.1, 0.15) is 20.8 Å². The lowest BCUT2D eigenvalue weighted by Crippen LogP contribution is -2.50. The summed E-state index contributed by atoms with van der Waals surface area (Å²) in [6.07, 6.45) is 0. The second-order valence-corrected chi connectivity index (χ2v) is 10.5. The van der Waals surface area contributed by atoms with Crippen LogP contribution in [0.15, 0.2) is 39.9 Å². The molecule has 0 unspecified atom stereocenters. The number of hydrogen-bond acceptors (Lipinski definition) is 6. The minimum atomic E-state index is -3.76. The number of carbonyl (C=O) groups is 2. The van der Waals surface area contributed by atoms with Gasteiger partial charge in [-0.3, -0.25) is 4.79 Å². The number of ether oxygens (including phenoxy) is 1. The zero-order valence-electron chi connectivity index (χ0n) is 16.9. The summed E-state index contributed by atoms with van der Waals surface area (Å²) in [5.74, 6) is -0.815. The average Bonchev–Trinajstić information content (AvgIpc) is 3.38. The molecule has 0 spiro atoms. The van der Waals surface area contributed by atoms with E-state index in [0.29, 0.717) is 10.7 Å². The quantitative estimate of drug-likeness (QED) is 0.534. The third-order valence-electron chi connectivity index (χ3n) is 5.36. The standard InChI is InChI=1S/C20H20ClN3O5S2/c1-22-15-6-4-3-5-14(15)17(21)18(22)19(25)23-7-9-24(10-8-23)31(27,28)16-11-13(12-30-16)20(26)29-2/h3-6,11-12H,7-10H2,1-2H3. The van der Waals surface area contributed by atoms with Crippen LogP contribution in [0.4, 0.5) is 0 Å². The highest BCUT2D eigenvalue weighted by Crippen LogP contribution is 2.31. The molecule has 4 rings (SSSR count). The number of thiophene rings is 1. The number of fused-ring (bicyclic) bond motifs is 1. The predicted octanol–water partition coefficient (Wildman–Crippen LogP) is 2.83. The molecular formula is C20H20ClN3O5S2. The first-order valence-electron chi connectivity index (χ1n) is 9.45. The molecule has 1 saturated heterocycles. The molecule has 0 aliphatic carbocycles. The molecular weight excluding hydrogens is 462 g/mol. The zero-order chi connectivity index (χ0) is 22.3. The van der Waals surface area contributed by atoms with Gasteiger partial charge in [-0.15, -0.1) is 11.3 Å². The van der Waals surface area contributed by atoms with Crippen LogP contribution < -0.4 is 0 Å². The van der Waals surface area contributed by atoms with Crippen molar-refractivity contribution in [1.82, 2.24) is 13.8 Å². The van der Waals surface area contributed by atoms with Crippen molar-refractivity contribution in [2.24, 2.45) is 7.05 Å². The second kappa shape index (κ2) is 8.27. The minimum Gasteiger partial charge on any atom is -0.465 e. The van der Waals surface area contributed by atoms with Gasteiger partial charge in [-0.25, -0.2) is 13.2 Å². The topological polar surface area (TPSA) is 88.9 Å². The van der Waals surface area contributed by atoms with E-state index in [9.17, 15) is 18.0 Å². The van der Waals surface area contributed by atoms with Gasteiger partial charge in [0.1, 0.15) is 9.90 Å². The van der Waals surface area contributed by atoms with Crippen LogP contribution in [0.5, 0.6) is 0 Å². The molecule has 164 valence electrons.